The summed E-state index contributed by atoms with van der Waals surface area (Å²) >= 11 is 0. The first-order chi connectivity index (χ1) is 13.0. The van der Waals surface area contributed by atoms with Gasteiger partial charge >= 0.3 is 0 Å². The average Bonchev–Trinajstić information content (AvgIpc) is 2.68. The molecule has 1 N–H and O–H groups in total. The van der Waals surface area contributed by atoms with E-state index >= 15 is 0 Å². The number of rotatable bonds is 7. The van der Waals surface area contributed by atoms with Crippen molar-refractivity contribution in [2.45, 2.75) is 33.2 Å². The van der Waals surface area contributed by atoms with E-state index in [0.29, 0.717) is 24.2 Å². The molecule has 0 aliphatic carbocycles. The van der Waals surface area contributed by atoms with Crippen molar-refractivity contribution < 1.29 is 9.59 Å². The fourth-order valence-electron chi connectivity index (χ4n) is 3.03. The summed E-state index contributed by atoms with van der Waals surface area (Å²) in [4.78, 5) is 26.6. The molecule has 2 aromatic carbocycles. The van der Waals surface area contributed by atoms with Crippen LogP contribution in [0.3, 0.4) is 0 Å². The van der Waals surface area contributed by atoms with Gasteiger partial charge in [0.2, 0.25) is 5.91 Å². The van der Waals surface area contributed by atoms with E-state index in [1.54, 1.807) is 23.1 Å². The zero-order valence-corrected chi connectivity index (χ0v) is 16.0. The highest BCUT2D eigenvalue weighted by atomic mass is 16.2. The zero-order valence-electron chi connectivity index (χ0n) is 16.0. The van der Waals surface area contributed by atoms with E-state index in [4.69, 9.17) is 5.26 Å². The van der Waals surface area contributed by atoms with E-state index in [2.05, 4.69) is 11.4 Å². The summed E-state index contributed by atoms with van der Waals surface area (Å²) in [6.45, 7) is 6.66. The molecule has 0 heterocycles. The molecule has 0 aliphatic heterocycles. The van der Waals surface area contributed by atoms with Gasteiger partial charge in [-0.2, -0.15) is 5.26 Å². The predicted molar refractivity (Wildman–Crippen MR) is 105 cm³/mol. The third-order valence-electron chi connectivity index (χ3n) is 4.66. The Balaban J connectivity index is 1.93. The number of hydrogen-bond acceptors (Lipinski definition) is 3. The van der Waals surface area contributed by atoms with Crippen LogP contribution in [0, 0.1) is 18.3 Å². The largest absolute Gasteiger partial charge is 0.352 e. The first-order valence-electron chi connectivity index (χ1n) is 9.11. The summed E-state index contributed by atoms with van der Waals surface area (Å²) in [6.07, 6.45) is 0.242. The van der Waals surface area contributed by atoms with Crippen molar-refractivity contribution in [2.24, 2.45) is 0 Å². The number of carbonyl (C=O) groups is 2. The Morgan fingerprint density at radius 2 is 1.81 bits per heavy atom. The van der Waals surface area contributed by atoms with Crippen LogP contribution in [0.5, 0.6) is 0 Å². The molecule has 0 spiro atoms. The Morgan fingerprint density at radius 1 is 1.15 bits per heavy atom. The van der Waals surface area contributed by atoms with Gasteiger partial charge in [0, 0.05) is 25.1 Å². The van der Waals surface area contributed by atoms with E-state index < -0.39 is 0 Å². The molecule has 140 valence electrons. The van der Waals surface area contributed by atoms with Gasteiger partial charge in [0.1, 0.15) is 0 Å². The Kier molecular flexibility index (Phi) is 7.13. The monoisotopic (exact) mass is 363 g/mol. The van der Waals surface area contributed by atoms with Crippen molar-refractivity contribution in [1.29, 1.82) is 5.26 Å². The van der Waals surface area contributed by atoms with Crippen molar-refractivity contribution in [3.05, 3.63) is 70.8 Å². The molecule has 0 aliphatic rings. The fraction of sp³-hybridized carbons (Fsp3) is 0.318. The number of benzene rings is 2. The van der Waals surface area contributed by atoms with Gasteiger partial charge in [-0.25, -0.2) is 0 Å². The van der Waals surface area contributed by atoms with Crippen LogP contribution in [-0.4, -0.2) is 29.8 Å². The zero-order chi connectivity index (χ0) is 19.8. The molecule has 5 heteroatoms. The summed E-state index contributed by atoms with van der Waals surface area (Å²) in [5, 5.41) is 11.7. The second-order valence-corrected chi connectivity index (χ2v) is 6.41. The highest BCUT2D eigenvalue weighted by molar-refractivity contribution is 5.95. The molecule has 5 nitrogen and oxygen atoms in total. The van der Waals surface area contributed by atoms with E-state index in [1.165, 1.54) is 0 Å². The van der Waals surface area contributed by atoms with Crippen LogP contribution in [0.1, 0.15) is 53.4 Å². The third-order valence-corrected chi connectivity index (χ3v) is 4.66. The molecule has 2 amide bonds. The number of nitrogens with zero attached hydrogens (tertiary/aromatic N) is 2. The molecule has 1 atom stereocenters. The Bertz CT molecular complexity index is 837. The summed E-state index contributed by atoms with van der Waals surface area (Å²) < 4.78 is 0. The second-order valence-electron chi connectivity index (χ2n) is 6.41. The highest BCUT2D eigenvalue weighted by Crippen LogP contribution is 2.21. The van der Waals surface area contributed by atoms with Gasteiger partial charge in [0.05, 0.1) is 17.7 Å². The van der Waals surface area contributed by atoms with Gasteiger partial charge in [-0.1, -0.05) is 30.3 Å². The topological polar surface area (TPSA) is 73.2 Å². The normalized spacial score (nSPS) is 11.3. The number of carbonyl (C=O) groups excluding carboxylic acids is 2. The smallest absolute Gasteiger partial charge is 0.251 e. The van der Waals surface area contributed by atoms with Crippen LogP contribution in [-0.2, 0) is 4.79 Å². The van der Waals surface area contributed by atoms with Crippen LogP contribution < -0.4 is 5.32 Å². The van der Waals surface area contributed by atoms with Crippen molar-refractivity contribution in [2.75, 3.05) is 13.1 Å². The van der Waals surface area contributed by atoms with Gasteiger partial charge in [-0.3, -0.25) is 9.59 Å². The molecule has 27 heavy (non-hydrogen) atoms. The Labute approximate surface area is 160 Å². The van der Waals surface area contributed by atoms with Gasteiger partial charge in [-0.15, -0.1) is 0 Å². The Morgan fingerprint density at radius 3 is 2.41 bits per heavy atom. The average molecular weight is 363 g/mol. The summed E-state index contributed by atoms with van der Waals surface area (Å²) in [7, 11) is 0. The summed E-state index contributed by atoms with van der Waals surface area (Å²) in [6, 6.07) is 16.6. The number of hydrogen-bond donors (Lipinski definition) is 1. The maximum Gasteiger partial charge on any atom is 0.251 e. The van der Waals surface area contributed by atoms with Gasteiger partial charge in [-0.05, 0) is 50.1 Å². The number of nitrogens with one attached hydrogen (secondary N) is 1. The van der Waals surface area contributed by atoms with Crippen LogP contribution in [0.25, 0.3) is 0 Å². The van der Waals surface area contributed by atoms with Crippen LogP contribution >= 0.6 is 0 Å². The molecule has 1 unspecified atom stereocenters. The fourth-order valence-corrected chi connectivity index (χ4v) is 3.03. The molecular weight excluding hydrogens is 338 g/mol. The summed E-state index contributed by atoms with van der Waals surface area (Å²) in [5.41, 5.74) is 3.11. The van der Waals surface area contributed by atoms with Crippen LogP contribution in [0.2, 0.25) is 0 Å². The van der Waals surface area contributed by atoms with Crippen LogP contribution in [0.15, 0.2) is 48.5 Å². The molecule has 0 saturated carbocycles. The van der Waals surface area contributed by atoms with Gasteiger partial charge in [0.25, 0.3) is 5.91 Å². The lowest BCUT2D eigenvalue weighted by Gasteiger charge is -2.28. The third kappa shape index (κ3) is 5.18. The number of amides is 2. The number of aryl methyl sites for hydroxylation is 1. The molecule has 2 aromatic rings. The molecule has 0 bridgehead atoms. The minimum absolute atomic E-state index is 0.0144. The quantitative estimate of drug-likeness (QED) is 0.817. The molecule has 0 aromatic heterocycles. The van der Waals surface area contributed by atoms with Gasteiger partial charge < -0.3 is 10.2 Å². The minimum atomic E-state index is -0.163. The molecular formula is C22H25N3O2. The molecule has 0 saturated heterocycles. The first kappa shape index (κ1) is 20.2. The maximum atomic E-state index is 12.6. The maximum absolute atomic E-state index is 12.6. The standard InChI is InChI=1S/C22H25N3O2/c1-4-25(17(3)19-11-9-18(15-23)10-12-19)21(26)13-14-24-22(27)20-8-6-5-7-16(20)2/h5-12,17H,4,13-14H2,1-3H3,(H,24,27). The lowest BCUT2D eigenvalue weighted by molar-refractivity contribution is -0.133. The first-order valence-corrected chi connectivity index (χ1v) is 9.11. The highest BCUT2D eigenvalue weighted by Gasteiger charge is 2.20. The molecule has 0 fully saturated rings. The molecule has 0 radical (unpaired) electrons. The SMILES string of the molecule is CCN(C(=O)CCNC(=O)c1ccccc1C)C(C)c1ccc(C#N)cc1. The van der Waals surface area contributed by atoms with Crippen molar-refractivity contribution in [3.8, 4) is 6.07 Å². The second kappa shape index (κ2) is 9.54. The lowest BCUT2D eigenvalue weighted by Crippen LogP contribution is -2.36. The summed E-state index contributed by atoms with van der Waals surface area (Å²) in [5.74, 6) is -0.177. The van der Waals surface area contributed by atoms with Crippen molar-refractivity contribution in [1.82, 2.24) is 10.2 Å². The van der Waals surface area contributed by atoms with Crippen LogP contribution in [0.4, 0.5) is 0 Å². The minimum Gasteiger partial charge on any atom is -0.352 e. The van der Waals surface area contributed by atoms with E-state index in [-0.39, 0.29) is 24.3 Å². The van der Waals surface area contributed by atoms with Crippen molar-refractivity contribution >= 4 is 11.8 Å². The predicted octanol–water partition coefficient (Wildman–Crippen LogP) is 3.60. The Hall–Kier alpha value is -3.13. The van der Waals surface area contributed by atoms with Crippen molar-refractivity contribution in [3.63, 3.8) is 0 Å². The molecule has 2 rings (SSSR count). The number of nitriles is 1. The van der Waals surface area contributed by atoms with E-state index in [0.717, 1.165) is 11.1 Å². The lowest BCUT2D eigenvalue weighted by atomic mass is 10.0. The van der Waals surface area contributed by atoms with E-state index in [1.807, 2.05) is 51.1 Å². The van der Waals surface area contributed by atoms with E-state index in [9.17, 15) is 9.59 Å². The van der Waals surface area contributed by atoms with Gasteiger partial charge in [0.15, 0.2) is 0 Å².